The summed E-state index contributed by atoms with van der Waals surface area (Å²) in [4.78, 5) is 2.49. The molecule has 54 heavy (non-hydrogen) atoms. The van der Waals surface area contributed by atoms with Gasteiger partial charge in [0.15, 0.2) is 0 Å². The Balaban J connectivity index is 1.28. The zero-order valence-electron chi connectivity index (χ0n) is 29.8. The second-order valence-electron chi connectivity index (χ2n) is 14.0. The van der Waals surface area contributed by atoms with E-state index in [1.54, 1.807) is 0 Å². The van der Waals surface area contributed by atoms with Gasteiger partial charge in [0.25, 0.3) is 0 Å². The average molecular weight is 688 g/mol. The molecular formula is C53H37N. The van der Waals surface area contributed by atoms with Crippen LogP contribution in [-0.2, 0) is 5.41 Å². The zero-order chi connectivity index (χ0) is 35.9. The van der Waals surface area contributed by atoms with Gasteiger partial charge >= 0.3 is 0 Å². The lowest BCUT2D eigenvalue weighted by Crippen LogP contribution is -2.28. The number of anilines is 3. The fourth-order valence-corrected chi connectivity index (χ4v) is 8.85. The molecule has 254 valence electrons. The highest BCUT2D eigenvalue weighted by molar-refractivity contribution is 6.08. The van der Waals surface area contributed by atoms with Crippen LogP contribution in [0.15, 0.2) is 224 Å². The quantitative estimate of drug-likeness (QED) is 0.161. The molecule has 0 heterocycles. The maximum atomic E-state index is 2.49. The molecule has 0 unspecified atom stereocenters. The minimum atomic E-state index is -0.494. The van der Waals surface area contributed by atoms with E-state index in [0.29, 0.717) is 0 Å². The van der Waals surface area contributed by atoms with Crippen molar-refractivity contribution >= 4 is 27.8 Å². The van der Waals surface area contributed by atoms with Crippen molar-refractivity contribution in [3.8, 4) is 33.4 Å². The lowest BCUT2D eigenvalue weighted by molar-refractivity contribution is 0.768. The van der Waals surface area contributed by atoms with Crippen molar-refractivity contribution in [3.63, 3.8) is 0 Å². The Labute approximate surface area is 317 Å². The van der Waals surface area contributed by atoms with Crippen molar-refractivity contribution in [1.29, 1.82) is 0 Å². The Morgan fingerprint density at radius 3 is 1.48 bits per heavy atom. The summed E-state index contributed by atoms with van der Waals surface area (Å²) in [6.07, 6.45) is 0. The minimum absolute atomic E-state index is 0.494. The van der Waals surface area contributed by atoms with Gasteiger partial charge in [-0.25, -0.2) is 0 Å². The van der Waals surface area contributed by atoms with Crippen LogP contribution in [0.1, 0.15) is 22.3 Å². The van der Waals surface area contributed by atoms with E-state index < -0.39 is 5.41 Å². The first kappa shape index (κ1) is 31.7. The topological polar surface area (TPSA) is 3.24 Å². The Hall–Kier alpha value is -6.96. The zero-order valence-corrected chi connectivity index (χ0v) is 29.8. The smallest absolute Gasteiger partial charge is 0.0714 e. The fourth-order valence-electron chi connectivity index (χ4n) is 8.85. The highest BCUT2D eigenvalue weighted by Gasteiger charge is 2.47. The molecule has 0 aliphatic heterocycles. The first-order valence-electron chi connectivity index (χ1n) is 18.7. The number of hydrogen-bond acceptors (Lipinski definition) is 1. The van der Waals surface area contributed by atoms with E-state index in [1.165, 1.54) is 66.4 Å². The van der Waals surface area contributed by atoms with E-state index in [9.17, 15) is 0 Å². The van der Waals surface area contributed by atoms with Gasteiger partial charge < -0.3 is 4.90 Å². The SMILES string of the molecule is c1ccc(-c2ccc(N(c3cccc4c3-c3ccccc3C4(c3ccccc3)c3ccccc3)c3ccc(-c4ccccc4)c4ccccc34)cc2)cc1. The number of fused-ring (bicyclic) bond motifs is 4. The predicted molar refractivity (Wildman–Crippen MR) is 227 cm³/mol. The second kappa shape index (κ2) is 13.2. The number of benzene rings is 9. The molecule has 0 bridgehead atoms. The van der Waals surface area contributed by atoms with Crippen molar-refractivity contribution in [2.45, 2.75) is 5.41 Å². The van der Waals surface area contributed by atoms with Gasteiger partial charge in [0.2, 0.25) is 0 Å². The molecule has 0 spiro atoms. The van der Waals surface area contributed by atoms with Gasteiger partial charge in [-0.2, -0.15) is 0 Å². The molecule has 0 saturated carbocycles. The Morgan fingerprint density at radius 1 is 0.296 bits per heavy atom. The van der Waals surface area contributed by atoms with E-state index in [4.69, 9.17) is 0 Å². The predicted octanol–water partition coefficient (Wildman–Crippen LogP) is 14.0. The summed E-state index contributed by atoms with van der Waals surface area (Å²) < 4.78 is 0. The van der Waals surface area contributed by atoms with Crippen molar-refractivity contribution in [2.75, 3.05) is 4.90 Å². The van der Waals surface area contributed by atoms with Crippen molar-refractivity contribution in [3.05, 3.63) is 247 Å². The third-order valence-corrected chi connectivity index (χ3v) is 11.2. The van der Waals surface area contributed by atoms with Gasteiger partial charge in [0, 0.05) is 16.6 Å². The third kappa shape index (κ3) is 5.01. The monoisotopic (exact) mass is 687 g/mol. The van der Waals surface area contributed by atoms with Crippen molar-refractivity contribution < 1.29 is 0 Å². The summed E-state index contributed by atoms with van der Waals surface area (Å²) >= 11 is 0. The van der Waals surface area contributed by atoms with E-state index in [0.717, 1.165) is 17.1 Å². The van der Waals surface area contributed by atoms with Crippen LogP contribution in [0.2, 0.25) is 0 Å². The van der Waals surface area contributed by atoms with E-state index >= 15 is 0 Å². The molecule has 1 nitrogen and oxygen atoms in total. The summed E-state index contributed by atoms with van der Waals surface area (Å²) in [5.41, 5.74) is 15.4. The number of rotatable bonds is 7. The van der Waals surface area contributed by atoms with Crippen molar-refractivity contribution in [2.24, 2.45) is 0 Å². The summed E-state index contributed by atoms with van der Waals surface area (Å²) in [6.45, 7) is 0. The van der Waals surface area contributed by atoms with Crippen LogP contribution in [-0.4, -0.2) is 0 Å². The van der Waals surface area contributed by atoms with E-state index in [-0.39, 0.29) is 0 Å². The highest BCUT2D eigenvalue weighted by atomic mass is 15.1. The molecule has 0 atom stereocenters. The van der Waals surface area contributed by atoms with Gasteiger partial charge in [0.1, 0.15) is 0 Å². The van der Waals surface area contributed by atoms with Crippen LogP contribution in [0.25, 0.3) is 44.2 Å². The number of nitrogens with zero attached hydrogens (tertiary/aromatic N) is 1. The molecule has 0 fully saturated rings. The third-order valence-electron chi connectivity index (χ3n) is 11.2. The van der Waals surface area contributed by atoms with Crippen LogP contribution in [0.5, 0.6) is 0 Å². The molecule has 1 heteroatoms. The Kier molecular flexibility index (Phi) is 7.78. The van der Waals surface area contributed by atoms with Crippen LogP contribution in [0.4, 0.5) is 17.1 Å². The molecule has 1 aliphatic carbocycles. The first-order chi connectivity index (χ1) is 26.8. The summed E-state index contributed by atoms with van der Waals surface area (Å²) in [5.74, 6) is 0. The van der Waals surface area contributed by atoms with Crippen LogP contribution in [0.3, 0.4) is 0 Å². The molecule has 1 aliphatic rings. The van der Waals surface area contributed by atoms with Gasteiger partial charge in [-0.1, -0.05) is 200 Å². The summed E-state index contributed by atoms with van der Waals surface area (Å²) in [5, 5.41) is 2.43. The summed E-state index contributed by atoms with van der Waals surface area (Å²) in [7, 11) is 0. The fraction of sp³-hybridized carbons (Fsp3) is 0.0189. The Morgan fingerprint density at radius 2 is 0.815 bits per heavy atom. The standard InChI is InChI=1S/C53H37N/c1-5-18-38(19-6-1)39-32-34-43(35-33-39)54(50-37-36-44(40-20-7-2-8-21-40)45-26-13-14-27-46(45)50)51-31-17-30-49-52(51)47-28-15-16-29-48(47)53(49,41-22-9-3-10-23-41)42-24-11-4-12-25-42/h1-37H. The van der Waals surface area contributed by atoms with Gasteiger partial charge in [-0.3, -0.25) is 0 Å². The van der Waals surface area contributed by atoms with Crippen molar-refractivity contribution in [1.82, 2.24) is 0 Å². The average Bonchev–Trinajstić information content (AvgIpc) is 3.57. The molecule has 0 amide bonds. The largest absolute Gasteiger partial charge is 0.309 e. The lowest BCUT2D eigenvalue weighted by atomic mass is 9.68. The molecule has 9 aromatic carbocycles. The lowest BCUT2D eigenvalue weighted by Gasteiger charge is -2.34. The van der Waals surface area contributed by atoms with Gasteiger partial charge in [-0.15, -0.1) is 0 Å². The second-order valence-corrected chi connectivity index (χ2v) is 14.0. The maximum absolute atomic E-state index is 2.49. The Bertz CT molecular complexity index is 2700. The minimum Gasteiger partial charge on any atom is -0.309 e. The molecule has 9 aromatic rings. The highest BCUT2D eigenvalue weighted by Crippen LogP contribution is 2.59. The molecule has 0 saturated heterocycles. The molecule has 0 aromatic heterocycles. The molecule has 10 rings (SSSR count). The molecule has 0 N–H and O–H groups in total. The van der Waals surface area contributed by atoms with Crippen LogP contribution in [0, 0.1) is 0 Å². The normalized spacial score (nSPS) is 12.6. The number of hydrogen-bond donors (Lipinski definition) is 0. The first-order valence-corrected chi connectivity index (χ1v) is 18.7. The summed E-state index contributed by atoms with van der Waals surface area (Å²) in [6, 6.07) is 82.0. The van der Waals surface area contributed by atoms with Crippen LogP contribution >= 0.6 is 0 Å². The van der Waals surface area contributed by atoms with E-state index in [1.807, 2.05) is 0 Å². The van der Waals surface area contributed by atoms with Gasteiger partial charge in [0.05, 0.1) is 16.8 Å². The van der Waals surface area contributed by atoms with Crippen LogP contribution < -0.4 is 4.90 Å². The maximum Gasteiger partial charge on any atom is 0.0714 e. The van der Waals surface area contributed by atoms with E-state index in [2.05, 4.69) is 229 Å². The molecular weight excluding hydrogens is 651 g/mol. The molecule has 0 radical (unpaired) electrons. The van der Waals surface area contributed by atoms with Gasteiger partial charge in [-0.05, 0) is 79.7 Å².